The van der Waals surface area contributed by atoms with Gasteiger partial charge in [-0.15, -0.1) is 0 Å². The third-order valence-corrected chi connectivity index (χ3v) is 1.54. The maximum Gasteiger partial charge on any atom is 0.433 e. The fourth-order valence-corrected chi connectivity index (χ4v) is 0.805. The zero-order valence-corrected chi connectivity index (χ0v) is 6.97. The van der Waals surface area contributed by atoms with Gasteiger partial charge in [-0.25, -0.2) is 0 Å². The molecule has 0 N–H and O–H groups in total. The normalized spacial score (nSPS) is 10.7. The number of nitriles is 1. The summed E-state index contributed by atoms with van der Waals surface area (Å²) in [4.78, 5) is 3.18. The minimum absolute atomic E-state index is 0.0891. The van der Waals surface area contributed by atoms with Gasteiger partial charge in [0.25, 0.3) is 0 Å². The van der Waals surface area contributed by atoms with Crippen LogP contribution in [-0.4, -0.2) is 4.98 Å². The summed E-state index contributed by atoms with van der Waals surface area (Å²) in [5.41, 5.74) is -0.598. The van der Waals surface area contributed by atoms with Crippen LogP contribution in [0.3, 0.4) is 0 Å². The van der Waals surface area contributed by atoms with Gasteiger partial charge in [0.05, 0.1) is 11.6 Å². The van der Waals surface area contributed by atoms with E-state index in [1.807, 2.05) is 0 Å². The first kappa shape index (κ1) is 10.3. The van der Waals surface area contributed by atoms with Gasteiger partial charge in [-0.3, -0.25) is 4.98 Å². The minimum Gasteiger partial charge on any atom is -0.251 e. The summed E-state index contributed by atoms with van der Waals surface area (Å²) in [7, 11) is 0. The van der Waals surface area contributed by atoms with Crippen molar-refractivity contribution in [3.05, 3.63) is 36.2 Å². The number of allylic oxidation sites excluding steroid dienone is 1. The first-order chi connectivity index (χ1) is 6.45. The van der Waals surface area contributed by atoms with Crippen LogP contribution >= 0.6 is 0 Å². The molecule has 5 heteroatoms. The van der Waals surface area contributed by atoms with Gasteiger partial charge in [0.15, 0.2) is 0 Å². The predicted octanol–water partition coefficient (Wildman–Crippen LogP) is 2.64. The Kier molecular flexibility index (Phi) is 2.56. The van der Waals surface area contributed by atoms with Crippen molar-refractivity contribution in [2.75, 3.05) is 0 Å². The fourth-order valence-electron chi connectivity index (χ4n) is 0.805. The van der Waals surface area contributed by atoms with E-state index in [0.717, 1.165) is 12.3 Å². The highest BCUT2D eigenvalue weighted by Gasteiger charge is 2.31. The molecule has 0 saturated carbocycles. The highest BCUT2D eigenvalue weighted by atomic mass is 19.4. The van der Waals surface area contributed by atoms with Crippen LogP contribution in [-0.2, 0) is 6.18 Å². The Morgan fingerprint density at radius 3 is 2.43 bits per heavy atom. The lowest BCUT2D eigenvalue weighted by molar-refractivity contribution is -0.141. The molecule has 1 rings (SSSR count). The third kappa shape index (κ3) is 2.10. The highest BCUT2D eigenvalue weighted by Crippen LogP contribution is 2.27. The number of aromatic nitrogens is 1. The van der Waals surface area contributed by atoms with Crippen LogP contribution in [0.1, 0.15) is 11.3 Å². The number of halogens is 3. The number of nitrogens with zero attached hydrogens (tertiary/aromatic N) is 2. The zero-order valence-electron chi connectivity index (χ0n) is 6.97. The molecule has 0 saturated heterocycles. The molecule has 0 aliphatic rings. The second kappa shape index (κ2) is 3.50. The van der Waals surface area contributed by atoms with E-state index < -0.39 is 11.9 Å². The summed E-state index contributed by atoms with van der Waals surface area (Å²) in [6.45, 7) is 3.35. The fraction of sp³-hybridized carbons (Fsp3) is 0.111. The molecule has 0 aromatic carbocycles. The lowest BCUT2D eigenvalue weighted by Gasteiger charge is -2.05. The molecular formula is C9H5F3N2. The van der Waals surface area contributed by atoms with Crippen molar-refractivity contribution in [2.45, 2.75) is 6.18 Å². The van der Waals surface area contributed by atoms with Crippen LogP contribution in [0.4, 0.5) is 13.2 Å². The van der Waals surface area contributed by atoms with Crippen molar-refractivity contribution >= 4 is 5.57 Å². The lowest BCUT2D eigenvalue weighted by atomic mass is 10.1. The molecule has 0 aliphatic carbocycles. The van der Waals surface area contributed by atoms with Crippen molar-refractivity contribution in [1.82, 2.24) is 4.98 Å². The molecule has 14 heavy (non-hydrogen) atoms. The van der Waals surface area contributed by atoms with E-state index in [0.29, 0.717) is 5.56 Å². The smallest absolute Gasteiger partial charge is 0.251 e. The maximum absolute atomic E-state index is 12.1. The van der Waals surface area contributed by atoms with Crippen molar-refractivity contribution in [1.29, 1.82) is 5.26 Å². The molecule has 0 aliphatic heterocycles. The number of hydrogen-bond donors (Lipinski definition) is 0. The summed E-state index contributed by atoms with van der Waals surface area (Å²) in [5, 5.41) is 8.42. The van der Waals surface area contributed by atoms with Crippen molar-refractivity contribution < 1.29 is 13.2 Å². The topological polar surface area (TPSA) is 36.7 Å². The second-order valence-corrected chi connectivity index (χ2v) is 2.52. The van der Waals surface area contributed by atoms with E-state index in [-0.39, 0.29) is 5.57 Å². The zero-order chi connectivity index (χ0) is 10.8. The highest BCUT2D eigenvalue weighted by molar-refractivity contribution is 5.74. The van der Waals surface area contributed by atoms with Crippen LogP contribution in [0.5, 0.6) is 0 Å². The average Bonchev–Trinajstić information content (AvgIpc) is 2.15. The summed E-state index contributed by atoms with van der Waals surface area (Å²) >= 11 is 0. The quantitative estimate of drug-likeness (QED) is 0.650. The Labute approximate surface area is 78.3 Å². The van der Waals surface area contributed by atoms with Gasteiger partial charge in [-0.05, 0) is 12.1 Å². The molecule has 1 heterocycles. The van der Waals surface area contributed by atoms with Crippen LogP contribution in [0.15, 0.2) is 24.9 Å². The first-order valence-electron chi connectivity index (χ1n) is 3.58. The SMILES string of the molecule is C=C(C#N)c1ccc(C(F)(F)F)nc1. The summed E-state index contributed by atoms with van der Waals surface area (Å²) in [6, 6.07) is 3.71. The molecule has 0 radical (unpaired) electrons. The van der Waals surface area contributed by atoms with Gasteiger partial charge in [-0.1, -0.05) is 6.58 Å². The molecule has 0 spiro atoms. The summed E-state index contributed by atoms with van der Waals surface area (Å²) < 4.78 is 36.2. The van der Waals surface area contributed by atoms with Crippen molar-refractivity contribution in [3.8, 4) is 6.07 Å². The Bertz CT molecular complexity index is 384. The van der Waals surface area contributed by atoms with Gasteiger partial charge in [-0.2, -0.15) is 18.4 Å². The van der Waals surface area contributed by atoms with E-state index in [2.05, 4.69) is 11.6 Å². The first-order valence-corrected chi connectivity index (χ1v) is 3.58. The number of hydrogen-bond acceptors (Lipinski definition) is 2. The molecule has 72 valence electrons. The Hall–Kier alpha value is -1.83. The molecule has 0 fully saturated rings. The molecule has 1 aromatic heterocycles. The molecule has 0 amide bonds. The molecule has 1 aromatic rings. The standard InChI is InChI=1S/C9H5F3N2/c1-6(4-13)7-2-3-8(14-5-7)9(10,11)12/h2-3,5H,1H2. The molecule has 2 nitrogen and oxygen atoms in total. The van der Waals surface area contributed by atoms with Crippen molar-refractivity contribution in [3.63, 3.8) is 0 Å². The Balaban J connectivity index is 3.02. The van der Waals surface area contributed by atoms with Gasteiger partial charge in [0, 0.05) is 11.8 Å². The Morgan fingerprint density at radius 1 is 1.43 bits per heavy atom. The van der Waals surface area contributed by atoms with E-state index >= 15 is 0 Å². The van der Waals surface area contributed by atoms with Crippen LogP contribution in [0.25, 0.3) is 5.57 Å². The van der Waals surface area contributed by atoms with Crippen molar-refractivity contribution in [2.24, 2.45) is 0 Å². The van der Waals surface area contributed by atoms with E-state index in [9.17, 15) is 13.2 Å². The van der Waals surface area contributed by atoms with Gasteiger partial charge in [0.2, 0.25) is 0 Å². The van der Waals surface area contributed by atoms with Crippen LogP contribution in [0, 0.1) is 11.3 Å². The summed E-state index contributed by atoms with van der Waals surface area (Å²) in [6.07, 6.45) is -3.47. The number of pyridine rings is 1. The van der Waals surface area contributed by atoms with Gasteiger partial charge >= 0.3 is 6.18 Å². The predicted molar refractivity (Wildman–Crippen MR) is 43.9 cm³/mol. The number of alkyl halides is 3. The van der Waals surface area contributed by atoms with Gasteiger partial charge in [0.1, 0.15) is 5.69 Å². The van der Waals surface area contributed by atoms with Crippen LogP contribution in [0.2, 0.25) is 0 Å². The van der Waals surface area contributed by atoms with E-state index in [1.165, 1.54) is 6.07 Å². The number of rotatable bonds is 1. The van der Waals surface area contributed by atoms with E-state index in [4.69, 9.17) is 5.26 Å². The molecular weight excluding hydrogens is 193 g/mol. The third-order valence-electron chi connectivity index (χ3n) is 1.54. The molecule has 0 unspecified atom stereocenters. The summed E-state index contributed by atoms with van der Waals surface area (Å²) in [5.74, 6) is 0. The maximum atomic E-state index is 12.1. The van der Waals surface area contributed by atoms with Gasteiger partial charge < -0.3 is 0 Å². The monoisotopic (exact) mass is 198 g/mol. The molecule has 0 bridgehead atoms. The minimum atomic E-state index is -4.45. The second-order valence-electron chi connectivity index (χ2n) is 2.52. The average molecular weight is 198 g/mol. The largest absolute Gasteiger partial charge is 0.433 e. The molecule has 0 atom stereocenters. The Morgan fingerprint density at radius 2 is 2.07 bits per heavy atom. The van der Waals surface area contributed by atoms with E-state index in [1.54, 1.807) is 6.07 Å². The lowest BCUT2D eigenvalue weighted by Crippen LogP contribution is -2.07. The van der Waals surface area contributed by atoms with Crippen LogP contribution < -0.4 is 0 Å².